The van der Waals surface area contributed by atoms with Gasteiger partial charge in [-0.2, -0.15) is 9.18 Å². The van der Waals surface area contributed by atoms with E-state index >= 15 is 0 Å². The molecule has 1 aliphatic heterocycles. The number of pyridine rings is 1. The summed E-state index contributed by atoms with van der Waals surface area (Å²) in [5, 5.41) is 9.11. The molecule has 1 aromatic carbocycles. The summed E-state index contributed by atoms with van der Waals surface area (Å²) in [5.41, 5.74) is 3.81. The van der Waals surface area contributed by atoms with Gasteiger partial charge in [0, 0.05) is 31.9 Å². The number of carbonyl (C=O) groups excluding carboxylic acids is 3. The van der Waals surface area contributed by atoms with Crippen LogP contribution in [0.15, 0.2) is 48.8 Å². The number of aromatic nitrogens is 3. The molecule has 3 heterocycles. The van der Waals surface area contributed by atoms with E-state index < -0.39 is 17.6 Å². The van der Waals surface area contributed by atoms with E-state index in [-0.39, 0.29) is 47.9 Å². The van der Waals surface area contributed by atoms with Crippen molar-refractivity contribution in [2.24, 2.45) is 0 Å². The lowest BCUT2D eigenvalue weighted by atomic mass is 10.1. The molecule has 224 valence electrons. The molecule has 0 aliphatic carbocycles. The van der Waals surface area contributed by atoms with Crippen molar-refractivity contribution in [1.29, 1.82) is 0 Å². The number of nitrogens with zero attached hydrogens (tertiary/aromatic N) is 4. The minimum atomic E-state index is -0.731. The second kappa shape index (κ2) is 13.4. The fraction of sp³-hybridized carbons (Fsp3) is 0.414. The Morgan fingerprint density at radius 2 is 1.93 bits per heavy atom. The summed E-state index contributed by atoms with van der Waals surface area (Å²) >= 11 is 0. The molecule has 1 saturated heterocycles. The molecule has 3 aromatic rings. The zero-order valence-corrected chi connectivity index (χ0v) is 23.8. The van der Waals surface area contributed by atoms with Crippen molar-refractivity contribution in [3.05, 3.63) is 71.7 Å². The van der Waals surface area contributed by atoms with Gasteiger partial charge in [-0.05, 0) is 69.9 Å². The number of rotatable bonds is 10. The molecule has 1 atom stereocenters. The minimum Gasteiger partial charge on any atom is -0.444 e. The Kier molecular flexibility index (Phi) is 9.71. The average Bonchev–Trinajstić information content (AvgIpc) is 3.56. The first-order chi connectivity index (χ1) is 20.0. The van der Waals surface area contributed by atoms with Crippen molar-refractivity contribution >= 4 is 17.9 Å². The van der Waals surface area contributed by atoms with Gasteiger partial charge in [-0.1, -0.05) is 12.1 Å². The Morgan fingerprint density at radius 1 is 1.12 bits per heavy atom. The molecule has 0 saturated carbocycles. The number of benzene rings is 1. The summed E-state index contributed by atoms with van der Waals surface area (Å²) < 4.78 is 33.0. The standard InChI is InChI=1S/C29H35F2N7O4/c1-29(2,3)42-28(41)34-17-25(39)37-13-5-8-22(37)16-33-27(40)20-9-10-24(32-15-20)23-18-38(36-26(23)31)35-12-11-19-6-4-7-21(30)14-19/h4,6-7,9-10,14-15,18,22,35H,5,8,11-13,16-17H2,1-3H3,(H,33,40)(H,34,41)/t22-/m1/s1. The van der Waals surface area contributed by atoms with E-state index in [1.807, 2.05) is 0 Å². The number of hydrogen-bond acceptors (Lipinski definition) is 7. The second-order valence-electron chi connectivity index (χ2n) is 10.9. The molecule has 0 unspecified atom stereocenters. The Bertz CT molecular complexity index is 1410. The second-order valence-corrected chi connectivity index (χ2v) is 10.9. The molecule has 0 radical (unpaired) electrons. The van der Waals surface area contributed by atoms with E-state index in [0.717, 1.165) is 18.4 Å². The van der Waals surface area contributed by atoms with E-state index in [9.17, 15) is 23.2 Å². The Labute approximate surface area is 242 Å². The van der Waals surface area contributed by atoms with Crippen LogP contribution in [0.5, 0.6) is 0 Å². The fourth-order valence-corrected chi connectivity index (χ4v) is 4.55. The lowest BCUT2D eigenvalue weighted by molar-refractivity contribution is -0.131. The highest BCUT2D eigenvalue weighted by molar-refractivity contribution is 5.94. The summed E-state index contributed by atoms with van der Waals surface area (Å²) in [6.07, 6.45) is 4.16. The van der Waals surface area contributed by atoms with Crippen LogP contribution in [0, 0.1) is 11.8 Å². The van der Waals surface area contributed by atoms with E-state index in [1.54, 1.807) is 37.8 Å². The van der Waals surface area contributed by atoms with Crippen molar-refractivity contribution in [3.63, 3.8) is 0 Å². The fourth-order valence-electron chi connectivity index (χ4n) is 4.55. The third kappa shape index (κ3) is 8.48. The normalized spacial score (nSPS) is 14.9. The zero-order chi connectivity index (χ0) is 30.3. The molecule has 0 bridgehead atoms. The third-order valence-electron chi connectivity index (χ3n) is 6.53. The number of carbonyl (C=O) groups is 3. The van der Waals surface area contributed by atoms with Crippen LogP contribution in [-0.4, -0.2) is 75.5 Å². The van der Waals surface area contributed by atoms with Gasteiger partial charge in [0.15, 0.2) is 0 Å². The highest BCUT2D eigenvalue weighted by Crippen LogP contribution is 2.20. The van der Waals surface area contributed by atoms with Gasteiger partial charge >= 0.3 is 6.09 Å². The largest absolute Gasteiger partial charge is 0.444 e. The molecule has 11 nitrogen and oxygen atoms in total. The maximum absolute atomic E-state index is 14.5. The monoisotopic (exact) mass is 583 g/mol. The molecule has 13 heteroatoms. The Morgan fingerprint density at radius 3 is 2.64 bits per heavy atom. The van der Waals surface area contributed by atoms with Crippen LogP contribution >= 0.6 is 0 Å². The highest BCUT2D eigenvalue weighted by Gasteiger charge is 2.29. The Balaban J connectivity index is 1.26. The molecule has 0 spiro atoms. The van der Waals surface area contributed by atoms with Gasteiger partial charge in [0.25, 0.3) is 5.91 Å². The van der Waals surface area contributed by atoms with Crippen LogP contribution < -0.4 is 16.1 Å². The summed E-state index contributed by atoms with van der Waals surface area (Å²) in [6, 6.07) is 9.10. The van der Waals surface area contributed by atoms with Gasteiger partial charge in [-0.25, -0.2) is 9.18 Å². The van der Waals surface area contributed by atoms with Crippen LogP contribution in [0.4, 0.5) is 13.6 Å². The van der Waals surface area contributed by atoms with Crippen molar-refractivity contribution in [1.82, 2.24) is 30.4 Å². The Hall–Kier alpha value is -4.55. The highest BCUT2D eigenvalue weighted by atomic mass is 19.1. The average molecular weight is 584 g/mol. The van der Waals surface area contributed by atoms with E-state index in [2.05, 4.69) is 26.1 Å². The number of amides is 3. The first kappa shape index (κ1) is 30.4. The van der Waals surface area contributed by atoms with Crippen LogP contribution in [0.25, 0.3) is 11.3 Å². The van der Waals surface area contributed by atoms with E-state index in [1.165, 1.54) is 41.4 Å². The number of nitrogens with one attached hydrogen (secondary N) is 3. The predicted octanol–water partition coefficient (Wildman–Crippen LogP) is 3.26. The van der Waals surface area contributed by atoms with E-state index in [0.29, 0.717) is 25.2 Å². The van der Waals surface area contributed by atoms with Crippen LogP contribution in [0.3, 0.4) is 0 Å². The van der Waals surface area contributed by atoms with Crippen molar-refractivity contribution in [2.75, 3.05) is 31.6 Å². The maximum Gasteiger partial charge on any atom is 0.408 e. The lowest BCUT2D eigenvalue weighted by Crippen LogP contribution is -2.47. The molecule has 3 N–H and O–H groups in total. The number of alkyl carbamates (subject to hydrolysis) is 1. The zero-order valence-electron chi connectivity index (χ0n) is 23.8. The number of hydrogen-bond donors (Lipinski definition) is 3. The number of ether oxygens (including phenoxy) is 1. The van der Waals surface area contributed by atoms with Gasteiger partial charge in [0.2, 0.25) is 11.9 Å². The molecule has 1 aliphatic rings. The first-order valence-corrected chi connectivity index (χ1v) is 13.7. The van der Waals surface area contributed by atoms with Crippen molar-refractivity contribution < 1.29 is 27.9 Å². The van der Waals surface area contributed by atoms with Crippen molar-refractivity contribution in [2.45, 2.75) is 51.7 Å². The third-order valence-corrected chi connectivity index (χ3v) is 6.53. The predicted molar refractivity (Wildman–Crippen MR) is 151 cm³/mol. The van der Waals surface area contributed by atoms with Crippen LogP contribution in [0.2, 0.25) is 0 Å². The smallest absolute Gasteiger partial charge is 0.408 e. The number of likely N-dealkylation sites (tertiary alicyclic amines) is 1. The molecule has 1 fully saturated rings. The summed E-state index contributed by atoms with van der Waals surface area (Å²) in [4.78, 5) is 44.4. The minimum absolute atomic E-state index is 0.153. The lowest BCUT2D eigenvalue weighted by Gasteiger charge is -2.25. The van der Waals surface area contributed by atoms with Crippen LogP contribution in [0.1, 0.15) is 49.5 Å². The maximum atomic E-state index is 14.5. The van der Waals surface area contributed by atoms with Gasteiger partial charge in [-0.15, -0.1) is 5.10 Å². The molecule has 3 amide bonds. The summed E-state index contributed by atoms with van der Waals surface area (Å²) in [5.74, 6) is -1.68. The SMILES string of the molecule is CC(C)(C)OC(=O)NCC(=O)N1CCC[C@@H]1CNC(=O)c1ccc(-c2cn(NCCc3cccc(F)c3)nc2F)nc1. The topological polar surface area (TPSA) is 130 Å². The molecular weight excluding hydrogens is 548 g/mol. The van der Waals surface area contributed by atoms with Gasteiger partial charge < -0.3 is 25.7 Å². The van der Waals surface area contributed by atoms with Crippen molar-refractivity contribution in [3.8, 4) is 11.3 Å². The summed E-state index contributed by atoms with van der Waals surface area (Å²) in [7, 11) is 0. The van der Waals surface area contributed by atoms with E-state index in [4.69, 9.17) is 4.74 Å². The number of halogens is 2. The van der Waals surface area contributed by atoms with Gasteiger partial charge in [0.1, 0.15) is 18.0 Å². The van der Waals surface area contributed by atoms with Crippen LogP contribution in [-0.2, 0) is 16.0 Å². The van der Waals surface area contributed by atoms with Gasteiger partial charge in [0.05, 0.1) is 23.0 Å². The molecule has 2 aromatic heterocycles. The molecule has 42 heavy (non-hydrogen) atoms. The van der Waals surface area contributed by atoms with Gasteiger partial charge in [-0.3, -0.25) is 14.6 Å². The quantitative estimate of drug-likeness (QED) is 0.334. The molecule has 4 rings (SSSR count). The first-order valence-electron chi connectivity index (χ1n) is 13.7. The molecular formula is C29H35F2N7O4. The summed E-state index contributed by atoms with van der Waals surface area (Å²) in [6.45, 7) is 6.19.